The molecule has 1 aromatic rings. The van der Waals surface area contributed by atoms with Crippen molar-refractivity contribution in [2.45, 2.75) is 0 Å². The zero-order chi connectivity index (χ0) is 16.9. The Morgan fingerprint density at radius 1 is 1.30 bits per heavy atom. The topological polar surface area (TPSA) is 86.2 Å². The first-order valence-electron chi connectivity index (χ1n) is 6.77. The molecular weight excluding hydrogens is 341 g/mol. The second-order valence-corrected chi connectivity index (χ2v) is 4.90. The summed E-state index contributed by atoms with van der Waals surface area (Å²) >= 11 is 10.6. The summed E-state index contributed by atoms with van der Waals surface area (Å²) in [5, 5.41) is 8.67. The summed E-state index contributed by atoms with van der Waals surface area (Å²) in [5.41, 5.74) is 2.22. The zero-order valence-electron chi connectivity index (χ0n) is 12.3. The summed E-state index contributed by atoms with van der Waals surface area (Å²) in [6.45, 7) is 0.397. The van der Waals surface area contributed by atoms with E-state index in [1.807, 2.05) is 36.7 Å². The fourth-order valence-corrected chi connectivity index (χ4v) is 1.79. The number of nitrogens with one attached hydrogen (secondary N) is 2. The van der Waals surface area contributed by atoms with E-state index in [9.17, 15) is 9.70 Å². The summed E-state index contributed by atoms with van der Waals surface area (Å²) in [4.78, 5) is 25.0. The molecule has 0 bridgehead atoms. The number of para-hydroxylation sites is 1. The van der Waals surface area contributed by atoms with Gasteiger partial charge in [0.25, 0.3) is 0 Å². The Kier molecular flexibility index (Phi) is 9.42. The number of anilines is 1. The van der Waals surface area contributed by atoms with Crippen LogP contribution in [0.3, 0.4) is 0 Å². The van der Waals surface area contributed by atoms with Crippen LogP contribution in [0.4, 0.5) is 10.5 Å². The number of nitroso groups, excluding NO2 is 1. The fourth-order valence-electron chi connectivity index (χ4n) is 1.54. The summed E-state index contributed by atoms with van der Waals surface area (Å²) in [6, 6.07) is 7.47. The molecule has 124 valence electrons. The number of nitrogens with zero attached hydrogens (tertiary/aromatic N) is 3. The third-order valence-corrected chi connectivity index (χ3v) is 2.93. The number of amides is 2. The number of benzene rings is 1. The highest BCUT2D eigenvalue weighted by molar-refractivity contribution is 6.18. The standard InChI is InChI=1S/C9H8N2.C5H9Cl2N3O2/c1-2-4-9-8(3-1)7-10-5-6-11-9;6-1-3-8-5(11)10(9-12)4-2-7/h1-7,11H;1-4H2,(H,8,11). The minimum atomic E-state index is -0.578. The Hall–Kier alpha value is -2.12. The predicted molar refractivity (Wildman–Crippen MR) is 94.1 cm³/mol. The molecule has 0 atom stereocenters. The summed E-state index contributed by atoms with van der Waals surface area (Å²) in [6.07, 6.45) is 5.40. The smallest absolute Gasteiger partial charge is 0.340 e. The SMILES string of the molecule is C1=CNc2ccccc2C=N1.O=NN(CCCl)C(=O)NCCCl. The molecule has 1 heterocycles. The van der Waals surface area contributed by atoms with Crippen molar-refractivity contribution in [2.75, 3.05) is 30.2 Å². The maximum absolute atomic E-state index is 10.9. The summed E-state index contributed by atoms with van der Waals surface area (Å²) in [7, 11) is 0. The van der Waals surface area contributed by atoms with Crippen LogP contribution < -0.4 is 10.6 Å². The molecule has 1 aromatic carbocycles. The summed E-state index contributed by atoms with van der Waals surface area (Å²) in [5.74, 6) is 0.458. The lowest BCUT2D eigenvalue weighted by Gasteiger charge is -2.11. The Morgan fingerprint density at radius 2 is 2.09 bits per heavy atom. The summed E-state index contributed by atoms with van der Waals surface area (Å²) < 4.78 is 0. The molecule has 2 rings (SSSR count). The highest BCUT2D eigenvalue weighted by atomic mass is 35.5. The van der Waals surface area contributed by atoms with Crippen LogP contribution in [0.1, 0.15) is 5.56 Å². The largest absolute Gasteiger partial charge is 0.360 e. The maximum Gasteiger partial charge on any atom is 0.340 e. The van der Waals surface area contributed by atoms with Crippen molar-refractivity contribution in [3.8, 4) is 0 Å². The molecule has 7 nitrogen and oxygen atoms in total. The van der Waals surface area contributed by atoms with Gasteiger partial charge in [0.05, 0.1) is 11.8 Å². The monoisotopic (exact) mass is 357 g/mol. The Labute approximate surface area is 144 Å². The highest BCUT2D eigenvalue weighted by Crippen LogP contribution is 2.13. The second kappa shape index (κ2) is 11.4. The molecule has 0 aliphatic carbocycles. The van der Waals surface area contributed by atoms with E-state index in [0.29, 0.717) is 17.4 Å². The van der Waals surface area contributed by atoms with E-state index in [0.717, 1.165) is 11.3 Å². The molecule has 2 amide bonds. The van der Waals surface area contributed by atoms with Crippen molar-refractivity contribution in [3.63, 3.8) is 0 Å². The number of fused-ring (bicyclic) bond motifs is 1. The lowest BCUT2D eigenvalue weighted by Crippen LogP contribution is -2.38. The Balaban J connectivity index is 0.000000230. The first-order valence-corrected chi connectivity index (χ1v) is 7.84. The van der Waals surface area contributed by atoms with Crippen LogP contribution in [0.15, 0.2) is 46.9 Å². The molecular formula is C14H17Cl2N5O2. The lowest BCUT2D eigenvalue weighted by atomic mass is 10.2. The average molecular weight is 358 g/mol. The van der Waals surface area contributed by atoms with Crippen LogP contribution in [0, 0.1) is 4.91 Å². The van der Waals surface area contributed by atoms with Crippen LogP contribution in [-0.2, 0) is 0 Å². The number of aliphatic imine (C=N–C) groups is 1. The van der Waals surface area contributed by atoms with Gasteiger partial charge in [-0.1, -0.05) is 18.2 Å². The number of carbonyl (C=O) groups excluding carboxylic acids is 1. The molecule has 1 aliphatic heterocycles. The van der Waals surface area contributed by atoms with Crippen LogP contribution in [0.2, 0.25) is 0 Å². The van der Waals surface area contributed by atoms with Gasteiger partial charge in [-0.15, -0.1) is 28.1 Å². The second-order valence-electron chi connectivity index (χ2n) is 4.14. The normalized spacial score (nSPS) is 11.2. The fraction of sp³-hybridized carbons (Fsp3) is 0.286. The lowest BCUT2D eigenvalue weighted by molar-refractivity contribution is 0.203. The number of alkyl halides is 2. The maximum atomic E-state index is 10.9. The van der Waals surface area contributed by atoms with Gasteiger partial charge in [0.2, 0.25) is 0 Å². The van der Waals surface area contributed by atoms with E-state index in [-0.39, 0.29) is 12.4 Å². The number of hydrogen-bond acceptors (Lipinski definition) is 5. The average Bonchev–Trinajstić information content (AvgIpc) is 2.83. The van der Waals surface area contributed by atoms with Gasteiger partial charge in [0, 0.05) is 48.2 Å². The third-order valence-electron chi connectivity index (χ3n) is 2.57. The molecule has 0 fully saturated rings. The number of halogens is 2. The van der Waals surface area contributed by atoms with Gasteiger partial charge in [-0.25, -0.2) is 4.79 Å². The van der Waals surface area contributed by atoms with Gasteiger partial charge in [-0.3, -0.25) is 4.99 Å². The molecule has 0 radical (unpaired) electrons. The van der Waals surface area contributed by atoms with E-state index in [1.165, 1.54) is 0 Å². The molecule has 0 unspecified atom stereocenters. The first-order chi connectivity index (χ1) is 11.2. The van der Waals surface area contributed by atoms with Crippen LogP contribution >= 0.6 is 23.2 Å². The van der Waals surface area contributed by atoms with Gasteiger partial charge >= 0.3 is 6.03 Å². The number of urea groups is 1. The van der Waals surface area contributed by atoms with Crippen molar-refractivity contribution in [1.29, 1.82) is 0 Å². The van der Waals surface area contributed by atoms with Gasteiger partial charge < -0.3 is 10.6 Å². The van der Waals surface area contributed by atoms with E-state index in [1.54, 1.807) is 6.20 Å². The number of hydrogen-bond donors (Lipinski definition) is 2. The van der Waals surface area contributed by atoms with E-state index < -0.39 is 6.03 Å². The van der Waals surface area contributed by atoms with E-state index in [4.69, 9.17) is 23.2 Å². The van der Waals surface area contributed by atoms with Crippen molar-refractivity contribution in [3.05, 3.63) is 47.1 Å². The van der Waals surface area contributed by atoms with Gasteiger partial charge in [-0.2, -0.15) is 5.01 Å². The van der Waals surface area contributed by atoms with Gasteiger partial charge in [0.15, 0.2) is 0 Å². The first kappa shape index (κ1) is 18.9. The predicted octanol–water partition coefficient (Wildman–Crippen LogP) is 3.16. The van der Waals surface area contributed by atoms with Gasteiger partial charge in [-0.05, 0) is 6.07 Å². The van der Waals surface area contributed by atoms with Crippen molar-refractivity contribution >= 4 is 41.1 Å². The van der Waals surface area contributed by atoms with Crippen molar-refractivity contribution in [2.24, 2.45) is 10.3 Å². The Morgan fingerprint density at radius 3 is 2.78 bits per heavy atom. The molecule has 0 saturated heterocycles. The van der Waals surface area contributed by atoms with E-state index in [2.05, 4.69) is 20.9 Å². The van der Waals surface area contributed by atoms with E-state index >= 15 is 0 Å². The molecule has 0 aromatic heterocycles. The van der Waals surface area contributed by atoms with Crippen LogP contribution in [0.5, 0.6) is 0 Å². The zero-order valence-corrected chi connectivity index (χ0v) is 13.8. The third kappa shape index (κ3) is 7.12. The molecule has 1 aliphatic rings. The molecule has 9 heteroatoms. The van der Waals surface area contributed by atoms with Crippen LogP contribution in [0.25, 0.3) is 0 Å². The minimum absolute atomic E-state index is 0.0964. The van der Waals surface area contributed by atoms with Crippen LogP contribution in [-0.4, -0.2) is 42.1 Å². The molecule has 0 saturated carbocycles. The molecule has 2 N–H and O–H groups in total. The van der Waals surface area contributed by atoms with Gasteiger partial charge in [0.1, 0.15) is 0 Å². The van der Waals surface area contributed by atoms with Crippen molar-refractivity contribution < 1.29 is 4.79 Å². The number of carbonyl (C=O) groups is 1. The van der Waals surface area contributed by atoms with Crippen molar-refractivity contribution in [1.82, 2.24) is 10.3 Å². The quantitative estimate of drug-likeness (QED) is 0.482. The Bertz CT molecular complexity index is 566. The number of rotatable bonds is 5. The minimum Gasteiger partial charge on any atom is -0.360 e. The molecule has 0 spiro atoms. The molecule has 23 heavy (non-hydrogen) atoms. The highest BCUT2D eigenvalue weighted by Gasteiger charge is 2.11.